The van der Waals surface area contributed by atoms with Crippen molar-refractivity contribution in [2.75, 3.05) is 30.0 Å². The molecule has 1 atom stereocenters. The fourth-order valence-corrected chi connectivity index (χ4v) is 2.21. The van der Waals surface area contributed by atoms with Crippen molar-refractivity contribution in [2.45, 2.75) is 20.0 Å². The molecule has 0 bridgehead atoms. The molecule has 0 saturated carbocycles. The van der Waals surface area contributed by atoms with E-state index in [1.165, 1.54) is 0 Å². The first-order chi connectivity index (χ1) is 7.75. The molecule has 0 aromatic carbocycles. The van der Waals surface area contributed by atoms with E-state index in [1.807, 2.05) is 11.8 Å². The van der Waals surface area contributed by atoms with Gasteiger partial charge in [-0.05, 0) is 5.92 Å². The summed E-state index contributed by atoms with van der Waals surface area (Å²) in [5.41, 5.74) is 0. The normalized spacial score (nSPS) is 21.3. The summed E-state index contributed by atoms with van der Waals surface area (Å²) in [7, 11) is 0. The molecule has 1 saturated heterocycles. The second kappa shape index (κ2) is 5.54. The number of hydrogen-bond donors (Lipinski definition) is 1. The van der Waals surface area contributed by atoms with Gasteiger partial charge < -0.3 is 14.6 Å². The molecule has 0 aliphatic carbocycles. The molecule has 1 fully saturated rings. The predicted molar refractivity (Wildman–Crippen MR) is 63.6 cm³/mol. The minimum absolute atomic E-state index is 0.0166. The van der Waals surface area contributed by atoms with Crippen molar-refractivity contribution in [3.8, 4) is 0 Å². The molecule has 90 valence electrons. The van der Waals surface area contributed by atoms with Crippen LogP contribution in [0, 0.1) is 5.92 Å². The first-order valence-electron chi connectivity index (χ1n) is 5.52. The Balaban J connectivity index is 1.90. The second-order valence-electron chi connectivity index (χ2n) is 4.17. The van der Waals surface area contributed by atoms with E-state index in [2.05, 4.69) is 29.3 Å². The maximum absolute atomic E-state index is 5.57. The highest BCUT2D eigenvalue weighted by Crippen LogP contribution is 2.25. The largest absolute Gasteiger partial charge is 0.368 e. The number of thioether (sulfide) groups is 1. The van der Waals surface area contributed by atoms with Gasteiger partial charge in [0, 0.05) is 18.1 Å². The van der Waals surface area contributed by atoms with Crippen LogP contribution in [0.5, 0.6) is 0 Å². The number of aromatic nitrogens is 2. The third kappa shape index (κ3) is 3.12. The van der Waals surface area contributed by atoms with Crippen LogP contribution in [0.4, 0.5) is 6.01 Å². The summed E-state index contributed by atoms with van der Waals surface area (Å²) in [5.74, 6) is 3.16. The Kier molecular flexibility index (Phi) is 4.06. The van der Waals surface area contributed by atoms with Gasteiger partial charge in [-0.25, -0.2) is 0 Å². The van der Waals surface area contributed by atoms with Gasteiger partial charge >= 0.3 is 6.01 Å². The van der Waals surface area contributed by atoms with Crippen LogP contribution < -0.4 is 5.32 Å². The standard InChI is InChI=1S/C10H17N3O2S/c1-7(2)5-11-10-12-9(13-15-10)8-6-16-4-3-14-8/h7-8H,3-6H2,1-2H3,(H,11,12,13). The fraction of sp³-hybridized carbons (Fsp3) is 0.800. The lowest BCUT2D eigenvalue weighted by Gasteiger charge is -2.18. The molecule has 0 amide bonds. The van der Waals surface area contributed by atoms with E-state index >= 15 is 0 Å². The van der Waals surface area contributed by atoms with E-state index in [1.54, 1.807) is 0 Å². The SMILES string of the molecule is CC(C)CNc1nc(C2CSCCO2)no1. The van der Waals surface area contributed by atoms with Crippen LogP contribution in [0.3, 0.4) is 0 Å². The molecule has 1 aromatic heterocycles. The molecular formula is C10H17N3O2S. The van der Waals surface area contributed by atoms with Gasteiger partial charge in [0.1, 0.15) is 6.10 Å². The number of ether oxygens (including phenoxy) is 1. The van der Waals surface area contributed by atoms with E-state index in [0.29, 0.717) is 17.8 Å². The average Bonchev–Trinajstić information content (AvgIpc) is 2.76. The van der Waals surface area contributed by atoms with E-state index < -0.39 is 0 Å². The Hall–Kier alpha value is -0.750. The third-order valence-electron chi connectivity index (χ3n) is 2.21. The summed E-state index contributed by atoms with van der Waals surface area (Å²) >= 11 is 1.86. The Bertz CT molecular complexity index is 324. The maximum Gasteiger partial charge on any atom is 0.321 e. The van der Waals surface area contributed by atoms with Gasteiger partial charge in [0.25, 0.3) is 0 Å². The molecule has 1 aliphatic heterocycles. The molecule has 2 rings (SSSR count). The van der Waals surface area contributed by atoms with Crippen molar-refractivity contribution in [2.24, 2.45) is 5.92 Å². The minimum Gasteiger partial charge on any atom is -0.368 e. The van der Waals surface area contributed by atoms with Crippen molar-refractivity contribution in [1.82, 2.24) is 10.1 Å². The Morgan fingerprint density at radius 3 is 3.12 bits per heavy atom. The van der Waals surface area contributed by atoms with Gasteiger partial charge in [0.2, 0.25) is 5.82 Å². The van der Waals surface area contributed by atoms with Crippen LogP contribution in [0.15, 0.2) is 4.52 Å². The van der Waals surface area contributed by atoms with Crippen LogP contribution in [-0.2, 0) is 4.74 Å². The Morgan fingerprint density at radius 2 is 2.44 bits per heavy atom. The smallest absolute Gasteiger partial charge is 0.321 e. The molecule has 2 heterocycles. The van der Waals surface area contributed by atoms with Crippen LogP contribution >= 0.6 is 11.8 Å². The molecular weight excluding hydrogens is 226 g/mol. The summed E-state index contributed by atoms with van der Waals surface area (Å²) in [6.07, 6.45) is -0.0166. The van der Waals surface area contributed by atoms with E-state index in [0.717, 1.165) is 24.7 Å². The van der Waals surface area contributed by atoms with Gasteiger partial charge in [0.15, 0.2) is 0 Å². The number of rotatable bonds is 4. The van der Waals surface area contributed by atoms with Crippen molar-refractivity contribution < 1.29 is 9.26 Å². The molecule has 1 N–H and O–H groups in total. The zero-order chi connectivity index (χ0) is 11.4. The first-order valence-corrected chi connectivity index (χ1v) is 6.68. The quantitative estimate of drug-likeness (QED) is 0.872. The lowest BCUT2D eigenvalue weighted by atomic mass is 10.2. The summed E-state index contributed by atoms with van der Waals surface area (Å²) < 4.78 is 10.7. The van der Waals surface area contributed by atoms with Crippen LogP contribution in [0.25, 0.3) is 0 Å². The lowest BCUT2D eigenvalue weighted by molar-refractivity contribution is 0.0677. The second-order valence-corrected chi connectivity index (χ2v) is 5.32. The molecule has 0 radical (unpaired) electrons. The monoisotopic (exact) mass is 243 g/mol. The van der Waals surface area contributed by atoms with Gasteiger partial charge in [-0.2, -0.15) is 16.7 Å². The lowest BCUT2D eigenvalue weighted by Crippen LogP contribution is -2.17. The summed E-state index contributed by atoms with van der Waals surface area (Å²) in [4.78, 5) is 4.28. The minimum atomic E-state index is -0.0166. The zero-order valence-electron chi connectivity index (χ0n) is 9.60. The molecule has 1 aliphatic rings. The molecule has 1 aromatic rings. The van der Waals surface area contributed by atoms with E-state index in [-0.39, 0.29) is 6.10 Å². The van der Waals surface area contributed by atoms with Gasteiger partial charge in [-0.15, -0.1) is 0 Å². The number of hydrogen-bond acceptors (Lipinski definition) is 6. The summed E-state index contributed by atoms with van der Waals surface area (Å²) in [5, 5.41) is 7.03. The highest BCUT2D eigenvalue weighted by Gasteiger charge is 2.21. The van der Waals surface area contributed by atoms with Crippen LogP contribution in [0.1, 0.15) is 25.8 Å². The molecule has 16 heavy (non-hydrogen) atoms. The van der Waals surface area contributed by atoms with Crippen molar-refractivity contribution in [3.63, 3.8) is 0 Å². The topological polar surface area (TPSA) is 60.2 Å². The summed E-state index contributed by atoms with van der Waals surface area (Å²) in [6, 6.07) is 0.489. The van der Waals surface area contributed by atoms with Gasteiger partial charge in [-0.1, -0.05) is 19.0 Å². The first kappa shape index (κ1) is 11.7. The molecule has 0 spiro atoms. The van der Waals surface area contributed by atoms with Gasteiger partial charge in [-0.3, -0.25) is 0 Å². The third-order valence-corrected chi connectivity index (χ3v) is 3.20. The van der Waals surface area contributed by atoms with E-state index in [4.69, 9.17) is 9.26 Å². The van der Waals surface area contributed by atoms with Crippen molar-refractivity contribution in [1.29, 1.82) is 0 Å². The Morgan fingerprint density at radius 1 is 1.56 bits per heavy atom. The van der Waals surface area contributed by atoms with Crippen molar-refractivity contribution in [3.05, 3.63) is 5.82 Å². The maximum atomic E-state index is 5.57. The fourth-order valence-electron chi connectivity index (χ4n) is 1.37. The van der Waals surface area contributed by atoms with Crippen LogP contribution in [-0.4, -0.2) is 34.8 Å². The molecule has 5 nitrogen and oxygen atoms in total. The molecule has 1 unspecified atom stereocenters. The highest BCUT2D eigenvalue weighted by molar-refractivity contribution is 7.99. The summed E-state index contributed by atoms with van der Waals surface area (Å²) in [6.45, 7) is 5.86. The number of nitrogens with one attached hydrogen (secondary N) is 1. The van der Waals surface area contributed by atoms with Crippen molar-refractivity contribution >= 4 is 17.8 Å². The van der Waals surface area contributed by atoms with E-state index in [9.17, 15) is 0 Å². The highest BCUT2D eigenvalue weighted by atomic mass is 32.2. The Labute approximate surface area is 99.3 Å². The predicted octanol–water partition coefficient (Wildman–Crippen LogP) is 1.94. The van der Waals surface area contributed by atoms with Gasteiger partial charge in [0.05, 0.1) is 6.61 Å². The average molecular weight is 243 g/mol. The molecule has 6 heteroatoms. The number of nitrogens with zero attached hydrogens (tertiary/aromatic N) is 2. The van der Waals surface area contributed by atoms with Crippen LogP contribution in [0.2, 0.25) is 0 Å². The zero-order valence-corrected chi connectivity index (χ0v) is 10.4. The number of anilines is 1.